The molecule has 0 aliphatic rings. The van der Waals surface area contributed by atoms with Crippen LogP contribution in [0.1, 0.15) is 100.0 Å². The maximum absolute atomic E-state index is 6.74. The Labute approximate surface area is 215 Å². The van der Waals surface area contributed by atoms with Crippen molar-refractivity contribution in [2.45, 2.75) is 92.4 Å². The van der Waals surface area contributed by atoms with E-state index in [1.165, 1.54) is 22.3 Å². The van der Waals surface area contributed by atoms with Gasteiger partial charge in [-0.25, -0.2) is 0 Å². The van der Waals surface area contributed by atoms with Crippen LogP contribution in [-0.4, -0.2) is 0 Å². The van der Waals surface area contributed by atoms with Gasteiger partial charge in [0.1, 0.15) is 11.5 Å². The fourth-order valence-electron chi connectivity index (χ4n) is 4.08. The van der Waals surface area contributed by atoms with Gasteiger partial charge in [0.25, 0.3) is 0 Å². The number of rotatable bonds is 12. The van der Waals surface area contributed by atoms with Crippen molar-refractivity contribution in [2.75, 3.05) is 0 Å². The van der Waals surface area contributed by atoms with E-state index in [1.807, 2.05) is 0 Å². The van der Waals surface area contributed by atoms with Crippen molar-refractivity contribution in [1.29, 1.82) is 0 Å². The largest absolute Gasteiger partial charge is 0.435 e. The number of aryl methyl sites for hydroxylation is 3. The van der Waals surface area contributed by atoms with E-state index in [0.717, 1.165) is 54.5 Å². The molecule has 0 aromatic heterocycles. The maximum atomic E-state index is 6.74. The van der Waals surface area contributed by atoms with Crippen LogP contribution in [0.2, 0.25) is 0 Å². The quantitative estimate of drug-likeness (QED) is 0.235. The molecular formula is C32H43O2P. The molecule has 3 atom stereocenters. The first-order valence-corrected chi connectivity index (χ1v) is 14.5. The fourth-order valence-corrected chi connectivity index (χ4v) is 5.46. The Morgan fingerprint density at radius 2 is 1.29 bits per heavy atom. The Kier molecular flexibility index (Phi) is 10.2. The molecule has 0 radical (unpaired) electrons. The van der Waals surface area contributed by atoms with Gasteiger partial charge in [-0.2, -0.15) is 0 Å². The van der Waals surface area contributed by atoms with Gasteiger partial charge in [-0.15, -0.1) is 0 Å². The van der Waals surface area contributed by atoms with Gasteiger partial charge >= 0.3 is 8.38 Å². The molecule has 35 heavy (non-hydrogen) atoms. The first-order valence-electron chi connectivity index (χ1n) is 13.3. The molecule has 0 N–H and O–H groups in total. The van der Waals surface area contributed by atoms with Crippen LogP contribution in [-0.2, 0) is 6.42 Å². The van der Waals surface area contributed by atoms with Gasteiger partial charge in [0.2, 0.25) is 0 Å². The van der Waals surface area contributed by atoms with Crippen molar-refractivity contribution in [3.63, 3.8) is 0 Å². The smallest absolute Gasteiger partial charge is 0.326 e. The van der Waals surface area contributed by atoms with Crippen molar-refractivity contribution >= 4 is 13.7 Å². The first kappa shape index (κ1) is 27.3. The molecule has 0 saturated carbocycles. The number of hydrogen-bond acceptors (Lipinski definition) is 2. The molecule has 3 aromatic rings. The van der Waals surface area contributed by atoms with Gasteiger partial charge in [-0.3, -0.25) is 0 Å². The Morgan fingerprint density at radius 1 is 0.714 bits per heavy atom. The molecule has 0 aliphatic carbocycles. The Morgan fingerprint density at radius 3 is 1.86 bits per heavy atom. The zero-order chi connectivity index (χ0) is 25.4. The molecule has 0 fully saturated rings. The molecule has 3 rings (SSSR count). The van der Waals surface area contributed by atoms with Crippen LogP contribution in [0.15, 0.2) is 60.7 Å². The summed E-state index contributed by atoms with van der Waals surface area (Å²) < 4.78 is 13.4. The molecule has 2 nitrogen and oxygen atoms in total. The average Bonchev–Trinajstić information content (AvgIpc) is 2.88. The van der Waals surface area contributed by atoms with Crippen molar-refractivity contribution in [2.24, 2.45) is 0 Å². The third kappa shape index (κ3) is 7.34. The Balaban J connectivity index is 1.96. The lowest BCUT2D eigenvalue weighted by Crippen LogP contribution is -2.11. The van der Waals surface area contributed by atoms with E-state index in [-0.39, 0.29) is 0 Å². The van der Waals surface area contributed by atoms with Gasteiger partial charge < -0.3 is 9.05 Å². The zero-order valence-corrected chi connectivity index (χ0v) is 23.6. The van der Waals surface area contributed by atoms with Gasteiger partial charge in [0, 0.05) is 0 Å². The summed E-state index contributed by atoms with van der Waals surface area (Å²) >= 11 is 0. The summed E-state index contributed by atoms with van der Waals surface area (Å²) in [5.74, 6) is 2.94. The van der Waals surface area contributed by atoms with E-state index in [9.17, 15) is 0 Å². The van der Waals surface area contributed by atoms with Gasteiger partial charge in [0.05, 0.1) is 5.30 Å². The molecular weight excluding hydrogens is 447 g/mol. The Bertz CT molecular complexity index is 1070. The molecule has 0 amide bonds. The molecule has 0 aliphatic heterocycles. The second kappa shape index (κ2) is 13.1. The van der Waals surface area contributed by atoms with Crippen LogP contribution in [0.3, 0.4) is 0 Å². The van der Waals surface area contributed by atoms with Gasteiger partial charge in [-0.1, -0.05) is 83.0 Å². The second-order valence-corrected chi connectivity index (χ2v) is 11.3. The van der Waals surface area contributed by atoms with Gasteiger partial charge in [-0.05, 0) is 97.9 Å². The van der Waals surface area contributed by atoms with Crippen LogP contribution in [0.4, 0.5) is 0 Å². The van der Waals surface area contributed by atoms with Crippen LogP contribution in [0.5, 0.6) is 11.5 Å². The highest BCUT2D eigenvalue weighted by Crippen LogP contribution is 2.43. The molecule has 3 aromatic carbocycles. The third-order valence-corrected chi connectivity index (χ3v) is 8.50. The predicted octanol–water partition coefficient (Wildman–Crippen LogP) is 9.77. The summed E-state index contributed by atoms with van der Waals surface area (Å²) in [4.78, 5) is 0. The molecule has 0 saturated heterocycles. The lowest BCUT2D eigenvalue weighted by molar-refractivity contribution is 0.494. The van der Waals surface area contributed by atoms with E-state index in [4.69, 9.17) is 9.05 Å². The average molecular weight is 491 g/mol. The second-order valence-electron chi connectivity index (χ2n) is 9.89. The molecule has 3 unspecified atom stereocenters. The summed E-state index contributed by atoms with van der Waals surface area (Å²) in [5, 5.41) is 1.09. The third-order valence-electron chi connectivity index (χ3n) is 7.05. The van der Waals surface area contributed by atoms with Gasteiger partial charge in [0.15, 0.2) is 0 Å². The first-order chi connectivity index (χ1) is 16.9. The summed E-state index contributed by atoms with van der Waals surface area (Å²) in [5.41, 5.74) is 6.43. The fraction of sp³-hybridized carbons (Fsp3) is 0.438. The van der Waals surface area contributed by atoms with Crippen molar-refractivity contribution in [3.05, 3.63) is 88.5 Å². The van der Waals surface area contributed by atoms with Crippen LogP contribution in [0.25, 0.3) is 0 Å². The van der Waals surface area contributed by atoms with Crippen LogP contribution < -0.4 is 14.4 Å². The number of unbranched alkanes of at least 4 members (excludes halogenated alkanes) is 1. The summed E-state index contributed by atoms with van der Waals surface area (Å²) in [6.45, 7) is 15.6. The standard InChI is InChI=1S/C32H43O2P/c1-8-11-12-29-22-28(25(6)10-3)16-20-32(29)34-35(30-17-13-23(4)14-18-30)33-31-19-15-27(21-26(31)7)24(5)9-2/h13-22,24-25H,8-12H2,1-7H3. The molecule has 0 heterocycles. The normalized spacial score (nSPS) is 13.8. The zero-order valence-electron chi connectivity index (χ0n) is 22.7. The molecule has 3 heteroatoms. The lowest BCUT2D eigenvalue weighted by Gasteiger charge is -2.23. The molecule has 188 valence electrons. The predicted molar refractivity (Wildman–Crippen MR) is 153 cm³/mol. The van der Waals surface area contributed by atoms with E-state index >= 15 is 0 Å². The highest BCUT2D eigenvalue weighted by molar-refractivity contribution is 7.56. The minimum atomic E-state index is -1.33. The monoisotopic (exact) mass is 490 g/mol. The minimum absolute atomic E-state index is 0.544. The Hall–Kier alpha value is -2.31. The maximum Gasteiger partial charge on any atom is 0.326 e. The summed E-state index contributed by atoms with van der Waals surface area (Å²) in [6.07, 6.45) is 5.61. The molecule has 0 spiro atoms. The van der Waals surface area contributed by atoms with E-state index < -0.39 is 8.38 Å². The van der Waals surface area contributed by atoms with Crippen LogP contribution in [0, 0.1) is 13.8 Å². The topological polar surface area (TPSA) is 18.5 Å². The van der Waals surface area contributed by atoms with Crippen molar-refractivity contribution < 1.29 is 9.05 Å². The number of benzene rings is 3. The highest BCUT2D eigenvalue weighted by Gasteiger charge is 2.22. The van der Waals surface area contributed by atoms with E-state index in [1.54, 1.807) is 0 Å². The van der Waals surface area contributed by atoms with Crippen molar-refractivity contribution in [1.82, 2.24) is 0 Å². The number of hydrogen-bond donors (Lipinski definition) is 0. The van der Waals surface area contributed by atoms with Crippen molar-refractivity contribution in [3.8, 4) is 11.5 Å². The summed E-state index contributed by atoms with van der Waals surface area (Å²) in [6, 6.07) is 21.9. The molecule has 0 bridgehead atoms. The van der Waals surface area contributed by atoms with Crippen LogP contribution >= 0.6 is 8.38 Å². The van der Waals surface area contributed by atoms with E-state index in [2.05, 4.69) is 109 Å². The highest BCUT2D eigenvalue weighted by atomic mass is 31.2. The lowest BCUT2D eigenvalue weighted by atomic mass is 9.95. The van der Waals surface area contributed by atoms with E-state index in [0.29, 0.717) is 11.8 Å². The SMILES string of the molecule is CCCCc1cc(C(C)CC)ccc1OP(Oc1ccc(C(C)CC)cc1C)c1ccc(C)cc1. The minimum Gasteiger partial charge on any atom is -0.435 e. The summed E-state index contributed by atoms with van der Waals surface area (Å²) in [7, 11) is -1.33.